The van der Waals surface area contributed by atoms with Crippen molar-refractivity contribution in [3.8, 4) is 12.3 Å². The van der Waals surface area contributed by atoms with Crippen molar-refractivity contribution in [2.24, 2.45) is 0 Å². The fraction of sp³-hybridized carbons (Fsp3) is 0.500. The van der Waals surface area contributed by atoms with Crippen molar-refractivity contribution in [3.05, 3.63) is 23.5 Å². The van der Waals surface area contributed by atoms with E-state index in [1.54, 1.807) is 25.3 Å². The summed E-state index contributed by atoms with van der Waals surface area (Å²) in [6.45, 7) is 9.02. The molecule has 2 heterocycles. The van der Waals surface area contributed by atoms with Gasteiger partial charge < -0.3 is 5.32 Å². The number of piperazine rings is 1. The lowest BCUT2D eigenvalue weighted by atomic mass is 10.4. The largest absolute Gasteiger partial charge is 0.314 e. The van der Waals surface area contributed by atoms with Crippen LogP contribution < -0.4 is 5.32 Å². The highest BCUT2D eigenvalue weighted by atomic mass is 35.5. The Labute approximate surface area is 129 Å². The number of pyridine rings is 1. The van der Waals surface area contributed by atoms with Crippen LogP contribution in [-0.4, -0.2) is 39.7 Å². The molecule has 0 bridgehead atoms. The number of nitrogens with one attached hydrogen (secondary N) is 1. The van der Waals surface area contributed by atoms with Crippen LogP contribution in [0, 0.1) is 12.3 Å². The van der Waals surface area contributed by atoms with Crippen LogP contribution in [0.3, 0.4) is 0 Å². The highest BCUT2D eigenvalue weighted by Crippen LogP contribution is 2.12. The standard InChI is InChI=1S/C9H12ClN3OS.C3H4.C2H6/c10-9-2-1-8(7-12-9)15(14)13-5-3-11-4-6-13;1-3-2;1-2/h1-2,7,11H,3-6H2;1H,2H3;1-2H3. The van der Waals surface area contributed by atoms with Gasteiger partial charge in [-0.2, -0.15) is 0 Å². The molecule has 0 saturated carbocycles. The van der Waals surface area contributed by atoms with Crippen molar-refractivity contribution in [2.45, 2.75) is 25.7 Å². The molecule has 0 aromatic carbocycles. The minimum atomic E-state index is -1.11. The van der Waals surface area contributed by atoms with E-state index in [2.05, 4.69) is 22.6 Å². The molecule has 0 spiro atoms. The zero-order valence-electron chi connectivity index (χ0n) is 12.2. The molecule has 20 heavy (non-hydrogen) atoms. The zero-order valence-corrected chi connectivity index (χ0v) is 13.8. The van der Waals surface area contributed by atoms with Crippen LogP contribution in [0.4, 0.5) is 0 Å². The number of terminal acetylenes is 1. The van der Waals surface area contributed by atoms with Crippen LogP contribution in [0.5, 0.6) is 0 Å². The normalized spacial score (nSPS) is 15.8. The third kappa shape index (κ3) is 7.01. The summed E-state index contributed by atoms with van der Waals surface area (Å²) < 4.78 is 14.0. The van der Waals surface area contributed by atoms with Crippen LogP contribution in [-0.2, 0) is 11.0 Å². The Morgan fingerprint density at radius 2 is 1.95 bits per heavy atom. The van der Waals surface area contributed by atoms with Crippen molar-refractivity contribution >= 4 is 22.6 Å². The summed E-state index contributed by atoms with van der Waals surface area (Å²) in [7, 11) is -1.11. The van der Waals surface area contributed by atoms with E-state index in [9.17, 15) is 4.21 Å². The summed E-state index contributed by atoms with van der Waals surface area (Å²) in [5.41, 5.74) is 0. The molecule has 112 valence electrons. The number of nitrogens with zero attached hydrogens (tertiary/aromatic N) is 2. The average molecular weight is 316 g/mol. The summed E-state index contributed by atoms with van der Waals surface area (Å²) in [4.78, 5) is 4.63. The van der Waals surface area contributed by atoms with Gasteiger partial charge in [-0.15, -0.1) is 12.3 Å². The molecule has 1 aromatic rings. The Balaban J connectivity index is 0.000000641. The summed E-state index contributed by atoms with van der Waals surface area (Å²) >= 11 is 5.67. The first-order chi connectivity index (χ1) is 9.69. The van der Waals surface area contributed by atoms with Gasteiger partial charge >= 0.3 is 0 Å². The predicted molar refractivity (Wildman–Crippen MR) is 86.0 cm³/mol. The van der Waals surface area contributed by atoms with E-state index >= 15 is 0 Å². The molecule has 1 fully saturated rings. The summed E-state index contributed by atoms with van der Waals surface area (Å²) in [5, 5.41) is 3.64. The van der Waals surface area contributed by atoms with Gasteiger partial charge in [0.2, 0.25) is 0 Å². The second-order valence-corrected chi connectivity index (χ2v) is 5.41. The Morgan fingerprint density at radius 1 is 1.40 bits per heavy atom. The third-order valence-corrected chi connectivity index (χ3v) is 3.91. The molecule has 0 radical (unpaired) electrons. The molecule has 0 aliphatic carbocycles. The van der Waals surface area contributed by atoms with Crippen LogP contribution >= 0.6 is 11.6 Å². The topological polar surface area (TPSA) is 45.2 Å². The minimum absolute atomic E-state index is 0.427. The van der Waals surface area contributed by atoms with Crippen molar-refractivity contribution in [2.75, 3.05) is 26.2 Å². The van der Waals surface area contributed by atoms with Gasteiger partial charge in [0, 0.05) is 32.4 Å². The Kier molecular flexibility index (Phi) is 11.3. The Hall–Kier alpha value is -0.930. The maximum atomic E-state index is 12.0. The second-order valence-electron chi connectivity index (χ2n) is 3.53. The van der Waals surface area contributed by atoms with E-state index < -0.39 is 11.0 Å². The Morgan fingerprint density at radius 3 is 2.40 bits per heavy atom. The maximum Gasteiger partial charge on any atom is 0.129 e. The molecule has 1 aliphatic rings. The molecule has 1 atom stereocenters. The van der Waals surface area contributed by atoms with Gasteiger partial charge in [0.1, 0.15) is 16.1 Å². The molecule has 0 amide bonds. The number of rotatable bonds is 2. The molecule has 4 nitrogen and oxygen atoms in total. The Bertz CT molecular complexity index is 425. The van der Waals surface area contributed by atoms with E-state index in [-0.39, 0.29) is 0 Å². The second kappa shape index (κ2) is 11.9. The van der Waals surface area contributed by atoms with Crippen molar-refractivity contribution in [1.29, 1.82) is 0 Å². The van der Waals surface area contributed by atoms with E-state index in [0.29, 0.717) is 10.0 Å². The lowest BCUT2D eigenvalue weighted by Crippen LogP contribution is -2.44. The molecule has 6 heteroatoms. The monoisotopic (exact) mass is 315 g/mol. The van der Waals surface area contributed by atoms with E-state index in [0.717, 1.165) is 26.2 Å². The molecular weight excluding hydrogens is 294 g/mol. The molecular formula is C14H22ClN3OS. The highest BCUT2D eigenvalue weighted by Gasteiger charge is 2.17. The lowest BCUT2D eigenvalue weighted by molar-refractivity contribution is 0.380. The van der Waals surface area contributed by atoms with Crippen LogP contribution in [0.25, 0.3) is 0 Å². The van der Waals surface area contributed by atoms with Gasteiger partial charge in [-0.1, -0.05) is 25.4 Å². The minimum Gasteiger partial charge on any atom is -0.314 e. The summed E-state index contributed by atoms with van der Waals surface area (Å²) in [6.07, 6.45) is 6.17. The zero-order chi connectivity index (χ0) is 15.4. The first kappa shape index (κ1) is 19.1. The predicted octanol–water partition coefficient (Wildman–Crippen LogP) is 2.33. The van der Waals surface area contributed by atoms with Gasteiger partial charge in [0.25, 0.3) is 0 Å². The van der Waals surface area contributed by atoms with Crippen LogP contribution in [0.15, 0.2) is 23.2 Å². The smallest absolute Gasteiger partial charge is 0.129 e. The lowest BCUT2D eigenvalue weighted by Gasteiger charge is -2.25. The maximum absolute atomic E-state index is 12.0. The SMILES string of the molecule is C#CC.CC.O=S(c1ccc(Cl)nc1)N1CCNCC1. The van der Waals surface area contributed by atoms with E-state index in [4.69, 9.17) is 11.6 Å². The van der Waals surface area contributed by atoms with Crippen LogP contribution in [0.1, 0.15) is 20.8 Å². The molecule has 1 aliphatic heterocycles. The molecule has 1 aromatic heterocycles. The highest BCUT2D eigenvalue weighted by molar-refractivity contribution is 7.82. The number of hydrogen-bond acceptors (Lipinski definition) is 3. The molecule has 1 unspecified atom stereocenters. The molecule has 2 rings (SSSR count). The van der Waals surface area contributed by atoms with E-state index in [1.807, 2.05) is 18.2 Å². The van der Waals surface area contributed by atoms with Crippen molar-refractivity contribution < 1.29 is 4.21 Å². The average Bonchev–Trinajstić information content (AvgIpc) is 2.51. The van der Waals surface area contributed by atoms with E-state index in [1.165, 1.54) is 0 Å². The summed E-state index contributed by atoms with van der Waals surface area (Å²) in [6, 6.07) is 3.42. The molecule has 1 N–H and O–H groups in total. The van der Waals surface area contributed by atoms with Gasteiger partial charge in [0.05, 0.1) is 4.90 Å². The quantitative estimate of drug-likeness (QED) is 0.673. The van der Waals surface area contributed by atoms with Crippen LogP contribution in [0.2, 0.25) is 5.15 Å². The first-order valence-corrected chi connectivity index (χ1v) is 8.04. The van der Waals surface area contributed by atoms with Gasteiger partial charge in [0.15, 0.2) is 0 Å². The fourth-order valence-corrected chi connectivity index (χ4v) is 2.68. The number of halogens is 1. The number of aromatic nitrogens is 1. The third-order valence-electron chi connectivity index (χ3n) is 2.21. The fourth-order valence-electron chi connectivity index (χ4n) is 1.42. The van der Waals surface area contributed by atoms with Gasteiger partial charge in [-0.25, -0.2) is 13.5 Å². The number of hydrogen-bond donors (Lipinski definition) is 1. The van der Waals surface area contributed by atoms with Gasteiger partial charge in [-0.05, 0) is 19.1 Å². The molecule has 1 saturated heterocycles. The summed E-state index contributed by atoms with van der Waals surface area (Å²) in [5.74, 6) is 2.25. The van der Waals surface area contributed by atoms with Gasteiger partial charge in [-0.3, -0.25) is 0 Å². The first-order valence-electron chi connectivity index (χ1n) is 6.55. The van der Waals surface area contributed by atoms with Crippen molar-refractivity contribution in [3.63, 3.8) is 0 Å². The van der Waals surface area contributed by atoms with Crippen molar-refractivity contribution in [1.82, 2.24) is 14.6 Å².